The third-order valence-electron chi connectivity index (χ3n) is 2.95. The number of hydrogen-bond acceptors (Lipinski definition) is 5. The van der Waals surface area contributed by atoms with Crippen molar-refractivity contribution in [2.24, 2.45) is 0 Å². The van der Waals surface area contributed by atoms with Gasteiger partial charge in [0.05, 0.1) is 5.69 Å². The van der Waals surface area contributed by atoms with Gasteiger partial charge in [-0.05, 0) is 24.6 Å². The van der Waals surface area contributed by atoms with E-state index in [-0.39, 0.29) is 12.5 Å². The Hall–Kier alpha value is -1.92. The van der Waals surface area contributed by atoms with Crippen molar-refractivity contribution in [2.45, 2.75) is 20.0 Å². The van der Waals surface area contributed by atoms with E-state index in [1.165, 1.54) is 4.88 Å². The van der Waals surface area contributed by atoms with Crippen molar-refractivity contribution in [3.05, 3.63) is 39.8 Å². The van der Waals surface area contributed by atoms with E-state index in [0.29, 0.717) is 0 Å². The predicted molar refractivity (Wildman–Crippen MR) is 78.0 cm³/mol. The lowest BCUT2D eigenvalue weighted by molar-refractivity contribution is -0.118. The summed E-state index contributed by atoms with van der Waals surface area (Å²) in [5, 5.41) is 7.23. The van der Waals surface area contributed by atoms with Gasteiger partial charge in [0.25, 0.3) is 5.91 Å². The first-order valence-corrected chi connectivity index (χ1v) is 7.20. The molecular formula is C14H15N3O2S. The fraction of sp³-hybridized carbons (Fsp3) is 0.286. The normalized spacial score (nSPS) is 13.6. The Morgan fingerprint density at radius 1 is 1.45 bits per heavy atom. The zero-order chi connectivity index (χ0) is 13.9. The summed E-state index contributed by atoms with van der Waals surface area (Å²) in [7, 11) is 0. The summed E-state index contributed by atoms with van der Waals surface area (Å²) in [4.78, 5) is 16.8. The molecule has 0 unspecified atom stereocenters. The molecule has 20 heavy (non-hydrogen) atoms. The van der Waals surface area contributed by atoms with E-state index in [1.54, 1.807) is 11.3 Å². The molecule has 6 heteroatoms. The van der Waals surface area contributed by atoms with Crippen molar-refractivity contribution in [2.75, 3.05) is 11.9 Å². The SMILES string of the molecule is Cc1cnc(CNCc2ccc3c(c2)NC(=O)CO3)s1. The zero-order valence-corrected chi connectivity index (χ0v) is 11.9. The minimum absolute atomic E-state index is 0.0913. The second-order valence-corrected chi connectivity index (χ2v) is 5.95. The van der Waals surface area contributed by atoms with Crippen LogP contribution >= 0.6 is 11.3 Å². The van der Waals surface area contributed by atoms with Crippen LogP contribution in [-0.2, 0) is 17.9 Å². The minimum atomic E-state index is -0.110. The van der Waals surface area contributed by atoms with Gasteiger partial charge in [-0.2, -0.15) is 0 Å². The maximum absolute atomic E-state index is 11.3. The Morgan fingerprint density at radius 3 is 3.15 bits per heavy atom. The Labute approximate surface area is 121 Å². The summed E-state index contributed by atoms with van der Waals surface area (Å²) >= 11 is 1.70. The standard InChI is InChI=1S/C14H15N3O2S/c1-9-5-16-14(20-9)7-15-6-10-2-3-12-11(4-10)17-13(18)8-19-12/h2-5,15H,6-8H2,1H3,(H,17,18). The van der Waals surface area contributed by atoms with Crippen LogP contribution in [0.15, 0.2) is 24.4 Å². The summed E-state index contributed by atoms with van der Waals surface area (Å²) in [5.74, 6) is 0.616. The van der Waals surface area contributed by atoms with E-state index in [4.69, 9.17) is 4.74 Å². The van der Waals surface area contributed by atoms with Crippen LogP contribution in [0.5, 0.6) is 5.75 Å². The Balaban J connectivity index is 1.60. The third kappa shape index (κ3) is 2.97. The van der Waals surface area contributed by atoms with E-state index in [2.05, 4.69) is 15.6 Å². The van der Waals surface area contributed by atoms with E-state index < -0.39 is 0 Å². The molecule has 0 aliphatic carbocycles. The van der Waals surface area contributed by atoms with Gasteiger partial charge in [0.1, 0.15) is 10.8 Å². The molecule has 1 aromatic heterocycles. The maximum atomic E-state index is 11.3. The van der Waals surface area contributed by atoms with E-state index in [0.717, 1.165) is 35.1 Å². The number of hydrogen-bond donors (Lipinski definition) is 2. The lowest BCUT2D eigenvalue weighted by Gasteiger charge is -2.18. The minimum Gasteiger partial charge on any atom is -0.482 e. The Kier molecular flexibility index (Phi) is 3.66. The van der Waals surface area contributed by atoms with Crippen LogP contribution in [-0.4, -0.2) is 17.5 Å². The first-order chi connectivity index (χ1) is 9.70. The van der Waals surface area contributed by atoms with E-state index in [9.17, 15) is 4.79 Å². The number of nitrogens with zero attached hydrogens (tertiary/aromatic N) is 1. The number of carbonyl (C=O) groups excluding carboxylic acids is 1. The summed E-state index contributed by atoms with van der Waals surface area (Å²) in [6, 6.07) is 5.82. The Morgan fingerprint density at radius 2 is 2.35 bits per heavy atom. The topological polar surface area (TPSA) is 63.2 Å². The molecule has 1 aliphatic rings. The highest BCUT2D eigenvalue weighted by Gasteiger charge is 2.15. The van der Waals surface area contributed by atoms with Gasteiger partial charge >= 0.3 is 0 Å². The second kappa shape index (κ2) is 5.60. The quantitative estimate of drug-likeness (QED) is 0.904. The van der Waals surface area contributed by atoms with Gasteiger partial charge in [-0.1, -0.05) is 6.07 Å². The van der Waals surface area contributed by atoms with Crippen LogP contribution in [0, 0.1) is 6.92 Å². The van der Waals surface area contributed by atoms with E-state index >= 15 is 0 Å². The number of ether oxygens (including phenoxy) is 1. The largest absolute Gasteiger partial charge is 0.482 e. The molecule has 5 nitrogen and oxygen atoms in total. The molecule has 0 spiro atoms. The molecule has 2 N–H and O–H groups in total. The van der Waals surface area contributed by atoms with Gasteiger partial charge in [0.2, 0.25) is 0 Å². The van der Waals surface area contributed by atoms with Crippen molar-refractivity contribution in [1.29, 1.82) is 0 Å². The summed E-state index contributed by atoms with van der Waals surface area (Å²) in [5.41, 5.74) is 1.84. The first kappa shape index (κ1) is 13.1. The first-order valence-electron chi connectivity index (χ1n) is 6.38. The summed E-state index contributed by atoms with van der Waals surface area (Å²) < 4.78 is 5.33. The number of amides is 1. The summed E-state index contributed by atoms with van der Waals surface area (Å²) in [6.07, 6.45) is 1.88. The van der Waals surface area contributed by atoms with Gasteiger partial charge in [0, 0.05) is 24.2 Å². The maximum Gasteiger partial charge on any atom is 0.262 e. The van der Waals surface area contributed by atoms with Crippen LogP contribution < -0.4 is 15.4 Å². The molecular weight excluding hydrogens is 274 g/mol. The molecule has 1 aliphatic heterocycles. The number of aryl methyl sites for hydroxylation is 1. The smallest absolute Gasteiger partial charge is 0.262 e. The molecule has 104 valence electrons. The third-order valence-corrected chi connectivity index (χ3v) is 3.86. The number of rotatable bonds is 4. The number of fused-ring (bicyclic) bond motifs is 1. The van der Waals surface area contributed by atoms with Crippen molar-refractivity contribution in [3.63, 3.8) is 0 Å². The number of aromatic nitrogens is 1. The predicted octanol–water partition coefficient (Wildman–Crippen LogP) is 2.07. The average Bonchev–Trinajstić information content (AvgIpc) is 2.84. The molecule has 0 radical (unpaired) electrons. The van der Waals surface area contributed by atoms with Crippen LogP contribution in [0.25, 0.3) is 0 Å². The van der Waals surface area contributed by atoms with Gasteiger partial charge < -0.3 is 15.4 Å². The average molecular weight is 289 g/mol. The highest BCUT2D eigenvalue weighted by Crippen LogP contribution is 2.28. The molecule has 0 atom stereocenters. The highest BCUT2D eigenvalue weighted by molar-refractivity contribution is 7.11. The molecule has 1 amide bonds. The number of nitrogens with one attached hydrogen (secondary N) is 2. The van der Waals surface area contributed by atoms with Crippen LogP contribution in [0.4, 0.5) is 5.69 Å². The molecule has 0 bridgehead atoms. The summed E-state index contributed by atoms with van der Waals surface area (Å²) in [6.45, 7) is 3.61. The number of carbonyl (C=O) groups is 1. The lowest BCUT2D eigenvalue weighted by Crippen LogP contribution is -2.25. The van der Waals surface area contributed by atoms with Crippen molar-refractivity contribution >= 4 is 22.9 Å². The van der Waals surface area contributed by atoms with Gasteiger partial charge in [-0.15, -0.1) is 11.3 Å². The lowest BCUT2D eigenvalue weighted by atomic mass is 10.1. The van der Waals surface area contributed by atoms with Crippen LogP contribution in [0.2, 0.25) is 0 Å². The van der Waals surface area contributed by atoms with Crippen molar-refractivity contribution in [3.8, 4) is 5.75 Å². The molecule has 2 aromatic rings. The van der Waals surface area contributed by atoms with Crippen LogP contribution in [0.1, 0.15) is 15.4 Å². The molecule has 2 heterocycles. The number of benzene rings is 1. The fourth-order valence-electron chi connectivity index (χ4n) is 2.04. The fourth-order valence-corrected chi connectivity index (χ4v) is 2.79. The van der Waals surface area contributed by atoms with Gasteiger partial charge in [0.15, 0.2) is 6.61 Å². The molecule has 0 saturated carbocycles. The van der Waals surface area contributed by atoms with Crippen molar-refractivity contribution < 1.29 is 9.53 Å². The Bertz CT molecular complexity index is 639. The van der Waals surface area contributed by atoms with Crippen molar-refractivity contribution in [1.82, 2.24) is 10.3 Å². The number of thiazole rings is 1. The molecule has 3 rings (SSSR count). The van der Waals surface area contributed by atoms with Crippen LogP contribution in [0.3, 0.4) is 0 Å². The zero-order valence-electron chi connectivity index (χ0n) is 11.1. The molecule has 1 aromatic carbocycles. The highest BCUT2D eigenvalue weighted by atomic mass is 32.1. The van der Waals surface area contributed by atoms with Gasteiger partial charge in [-0.3, -0.25) is 4.79 Å². The monoisotopic (exact) mass is 289 g/mol. The molecule has 0 saturated heterocycles. The molecule has 0 fully saturated rings. The second-order valence-electron chi connectivity index (χ2n) is 4.64. The number of anilines is 1. The van der Waals surface area contributed by atoms with Gasteiger partial charge in [-0.25, -0.2) is 4.98 Å². The van der Waals surface area contributed by atoms with E-state index in [1.807, 2.05) is 31.3 Å².